The van der Waals surface area contributed by atoms with Crippen LogP contribution in [0.25, 0.3) is 0 Å². The van der Waals surface area contributed by atoms with E-state index in [1.54, 1.807) is 0 Å². The van der Waals surface area contributed by atoms with E-state index in [1.807, 2.05) is 6.20 Å². The highest BCUT2D eigenvalue weighted by atomic mass is 35.5. The lowest BCUT2D eigenvalue weighted by molar-refractivity contribution is 0.197. The summed E-state index contributed by atoms with van der Waals surface area (Å²) in [5.41, 5.74) is 9.24. The van der Waals surface area contributed by atoms with Crippen LogP contribution in [0.5, 0.6) is 0 Å². The number of hydrogen-bond acceptors (Lipinski definition) is 4. The maximum atomic E-state index is 6.34. The molecule has 1 atom stereocenters. The largest absolute Gasteiger partial charge is 0.355 e. The zero-order valence-corrected chi connectivity index (χ0v) is 14.5. The summed E-state index contributed by atoms with van der Waals surface area (Å²) in [4.78, 5) is 2.39. The fourth-order valence-electron chi connectivity index (χ4n) is 3.77. The van der Waals surface area contributed by atoms with Crippen molar-refractivity contribution in [1.82, 2.24) is 10.2 Å². The van der Waals surface area contributed by atoms with Crippen molar-refractivity contribution < 1.29 is 0 Å². The molecule has 1 aromatic heterocycles. The zero-order valence-electron chi connectivity index (χ0n) is 12.8. The van der Waals surface area contributed by atoms with Crippen LogP contribution in [0.2, 0.25) is 0 Å². The first-order valence-corrected chi connectivity index (χ1v) is 7.42. The molecule has 2 aliphatic rings. The second-order valence-electron chi connectivity index (χ2n) is 6.32. The minimum absolute atomic E-state index is 0. The molecule has 1 unspecified atom stereocenters. The number of nitrogens with zero attached hydrogens (tertiary/aromatic N) is 3. The van der Waals surface area contributed by atoms with Crippen LogP contribution in [0.15, 0.2) is 6.20 Å². The Balaban J connectivity index is 0.00000110. The van der Waals surface area contributed by atoms with Crippen LogP contribution >= 0.6 is 24.8 Å². The fourth-order valence-corrected chi connectivity index (χ4v) is 3.77. The fraction of sp³-hybridized carbons (Fsp3) is 0.733. The summed E-state index contributed by atoms with van der Waals surface area (Å²) >= 11 is 0. The summed E-state index contributed by atoms with van der Waals surface area (Å²) in [6.45, 7) is 6.40. The molecule has 1 aromatic rings. The van der Waals surface area contributed by atoms with E-state index in [9.17, 15) is 0 Å². The van der Waals surface area contributed by atoms with Gasteiger partial charge in [-0.3, -0.25) is 0 Å². The van der Waals surface area contributed by atoms with Crippen molar-refractivity contribution in [3.8, 4) is 0 Å². The first kappa shape index (κ1) is 18.5. The lowest BCUT2D eigenvalue weighted by Gasteiger charge is -2.42. The van der Waals surface area contributed by atoms with Gasteiger partial charge in [-0.05, 0) is 56.1 Å². The normalized spacial score (nSPS) is 23.6. The van der Waals surface area contributed by atoms with Crippen molar-refractivity contribution in [1.29, 1.82) is 0 Å². The number of nitrogens with two attached hydrogens (primary N) is 1. The molecule has 120 valence electrons. The number of piperidine rings is 1. The van der Waals surface area contributed by atoms with E-state index in [0.29, 0.717) is 11.5 Å². The summed E-state index contributed by atoms with van der Waals surface area (Å²) in [5, 5.41) is 8.45. The van der Waals surface area contributed by atoms with Gasteiger partial charge in [0.05, 0.1) is 6.20 Å². The summed E-state index contributed by atoms with van der Waals surface area (Å²) in [6, 6.07) is 0.416. The molecule has 1 aliphatic heterocycles. The third-order valence-electron chi connectivity index (χ3n) is 5.37. The topological polar surface area (TPSA) is 55.0 Å². The lowest BCUT2D eigenvalue weighted by Crippen LogP contribution is -2.47. The van der Waals surface area contributed by atoms with Gasteiger partial charge in [0, 0.05) is 19.1 Å². The van der Waals surface area contributed by atoms with Crippen molar-refractivity contribution in [3.05, 3.63) is 17.3 Å². The van der Waals surface area contributed by atoms with E-state index in [2.05, 4.69) is 28.9 Å². The standard InChI is InChI=1S/C15H24N4.2ClH/c1-11-10-17-18-14(12(11)2)19-8-6-15(7-9-19)5-3-4-13(15)16;;/h10,13H,3-9,16H2,1-2H3;2*1H. The Kier molecular flexibility index (Phi) is 6.26. The number of hydrogen-bond donors (Lipinski definition) is 1. The molecule has 21 heavy (non-hydrogen) atoms. The lowest BCUT2D eigenvalue weighted by atomic mass is 9.74. The van der Waals surface area contributed by atoms with Crippen LogP contribution in [0.1, 0.15) is 43.2 Å². The molecule has 0 radical (unpaired) electrons. The van der Waals surface area contributed by atoms with Gasteiger partial charge in [-0.1, -0.05) is 6.42 Å². The molecule has 2 heterocycles. The average Bonchev–Trinajstić information content (AvgIpc) is 2.76. The van der Waals surface area contributed by atoms with Gasteiger partial charge in [-0.25, -0.2) is 0 Å². The number of halogens is 2. The Hall–Kier alpha value is -0.580. The average molecular weight is 333 g/mol. The highest BCUT2D eigenvalue weighted by molar-refractivity contribution is 5.85. The second kappa shape index (κ2) is 7.12. The molecule has 1 spiro atoms. The number of anilines is 1. The van der Waals surface area contributed by atoms with Crippen molar-refractivity contribution in [2.75, 3.05) is 18.0 Å². The van der Waals surface area contributed by atoms with Gasteiger partial charge in [0.25, 0.3) is 0 Å². The van der Waals surface area contributed by atoms with E-state index in [0.717, 1.165) is 18.9 Å². The van der Waals surface area contributed by atoms with Crippen LogP contribution in [0, 0.1) is 19.3 Å². The molecule has 0 aromatic carbocycles. The highest BCUT2D eigenvalue weighted by Gasteiger charge is 2.43. The maximum Gasteiger partial charge on any atom is 0.154 e. The molecule has 6 heteroatoms. The summed E-state index contributed by atoms with van der Waals surface area (Å²) in [6.07, 6.45) is 8.11. The van der Waals surface area contributed by atoms with E-state index >= 15 is 0 Å². The summed E-state index contributed by atoms with van der Waals surface area (Å²) < 4.78 is 0. The highest BCUT2D eigenvalue weighted by Crippen LogP contribution is 2.46. The predicted molar refractivity (Wildman–Crippen MR) is 91.7 cm³/mol. The Morgan fingerprint density at radius 3 is 2.43 bits per heavy atom. The molecule has 2 N–H and O–H groups in total. The molecule has 3 rings (SSSR count). The van der Waals surface area contributed by atoms with Gasteiger partial charge >= 0.3 is 0 Å². The minimum atomic E-state index is 0. The van der Waals surface area contributed by atoms with Crippen LogP contribution in [0.3, 0.4) is 0 Å². The van der Waals surface area contributed by atoms with E-state index in [4.69, 9.17) is 5.73 Å². The SMILES string of the molecule is Cc1cnnc(N2CCC3(CCCC3N)CC2)c1C.Cl.Cl. The molecule has 1 aliphatic carbocycles. The molecule has 2 fully saturated rings. The molecule has 1 saturated heterocycles. The smallest absolute Gasteiger partial charge is 0.154 e. The van der Waals surface area contributed by atoms with Gasteiger partial charge in [-0.2, -0.15) is 5.10 Å². The Labute approximate surface area is 139 Å². The minimum Gasteiger partial charge on any atom is -0.355 e. The number of aryl methyl sites for hydroxylation is 1. The quantitative estimate of drug-likeness (QED) is 0.858. The third kappa shape index (κ3) is 3.27. The first-order chi connectivity index (χ1) is 9.12. The zero-order chi connectivity index (χ0) is 13.5. The Morgan fingerprint density at radius 1 is 1.19 bits per heavy atom. The third-order valence-corrected chi connectivity index (χ3v) is 5.37. The van der Waals surface area contributed by atoms with Crippen LogP contribution in [-0.2, 0) is 0 Å². The molecule has 4 nitrogen and oxygen atoms in total. The van der Waals surface area contributed by atoms with Crippen LogP contribution < -0.4 is 10.6 Å². The number of rotatable bonds is 1. The van der Waals surface area contributed by atoms with Gasteiger partial charge < -0.3 is 10.6 Å². The molecule has 1 saturated carbocycles. The molecular formula is C15H26Cl2N4. The predicted octanol–water partition coefficient (Wildman–Crippen LogP) is 3.03. The van der Waals surface area contributed by atoms with E-state index < -0.39 is 0 Å². The monoisotopic (exact) mass is 332 g/mol. The first-order valence-electron chi connectivity index (χ1n) is 7.42. The van der Waals surface area contributed by atoms with E-state index in [-0.39, 0.29) is 24.8 Å². The van der Waals surface area contributed by atoms with Crippen molar-refractivity contribution >= 4 is 30.6 Å². The van der Waals surface area contributed by atoms with Crippen molar-refractivity contribution in [2.45, 2.75) is 52.0 Å². The van der Waals surface area contributed by atoms with Crippen molar-refractivity contribution in [3.63, 3.8) is 0 Å². The maximum absolute atomic E-state index is 6.34. The summed E-state index contributed by atoms with van der Waals surface area (Å²) in [7, 11) is 0. The number of aromatic nitrogens is 2. The molecule has 0 bridgehead atoms. The van der Waals surface area contributed by atoms with Gasteiger partial charge in [0.1, 0.15) is 0 Å². The van der Waals surface area contributed by atoms with Crippen LogP contribution in [0.4, 0.5) is 5.82 Å². The molecular weight excluding hydrogens is 307 g/mol. The Bertz CT molecular complexity index is 473. The second-order valence-corrected chi connectivity index (χ2v) is 6.32. The summed E-state index contributed by atoms with van der Waals surface area (Å²) in [5.74, 6) is 1.07. The van der Waals surface area contributed by atoms with E-state index in [1.165, 1.54) is 43.2 Å². The van der Waals surface area contributed by atoms with Crippen molar-refractivity contribution in [2.24, 2.45) is 11.1 Å². The Morgan fingerprint density at radius 2 is 1.86 bits per heavy atom. The van der Waals surface area contributed by atoms with Gasteiger partial charge in [-0.15, -0.1) is 29.9 Å². The van der Waals surface area contributed by atoms with Gasteiger partial charge in [0.15, 0.2) is 5.82 Å². The van der Waals surface area contributed by atoms with Crippen LogP contribution in [-0.4, -0.2) is 29.3 Å². The molecule has 0 amide bonds. The van der Waals surface area contributed by atoms with Gasteiger partial charge in [0.2, 0.25) is 0 Å².